The molecule has 0 aromatic heterocycles. The van der Waals surface area contributed by atoms with Crippen LogP contribution >= 0.6 is 11.6 Å². The van der Waals surface area contributed by atoms with Gasteiger partial charge in [0.2, 0.25) is 0 Å². The Morgan fingerprint density at radius 1 is 1.10 bits per heavy atom. The van der Waals surface area contributed by atoms with Crippen molar-refractivity contribution >= 4 is 23.5 Å². The Labute approximate surface area is 178 Å². The Kier molecular flexibility index (Phi) is 6.60. The summed E-state index contributed by atoms with van der Waals surface area (Å²) in [7, 11) is 0. The molecule has 3 rings (SSSR count). The van der Waals surface area contributed by atoms with E-state index in [2.05, 4.69) is 66.9 Å². The first-order chi connectivity index (χ1) is 13.9. The maximum atomic E-state index is 5.99. The number of aliphatic imine (C=N–C) groups is 1. The van der Waals surface area contributed by atoms with Crippen LogP contribution in [0.2, 0.25) is 5.02 Å². The predicted octanol–water partition coefficient (Wildman–Crippen LogP) is 5.94. The fraction of sp³-hybridized carbons (Fsp3) is 0.240. The smallest absolute Gasteiger partial charge is 0.118 e. The van der Waals surface area contributed by atoms with Crippen LogP contribution in [0.4, 0.5) is 5.69 Å². The number of nitrogens with zero attached hydrogens (tertiary/aromatic N) is 1. The molecule has 150 valence electrons. The van der Waals surface area contributed by atoms with Crippen LogP contribution < -0.4 is 10.6 Å². The van der Waals surface area contributed by atoms with Gasteiger partial charge in [-0.25, -0.2) is 4.99 Å². The van der Waals surface area contributed by atoms with Crippen LogP contribution in [0.5, 0.6) is 0 Å². The fourth-order valence-corrected chi connectivity index (χ4v) is 3.71. The van der Waals surface area contributed by atoms with Gasteiger partial charge in [-0.2, -0.15) is 0 Å². The number of anilines is 1. The number of benzene rings is 2. The normalized spacial score (nSPS) is 14.7. The standard InChI is InChI=1S/C25H28ClN3/c1-5-8-21(25(3,4)29-23-13-11-22(26)12-14-23)17-27-18(2)28-24-15-19-9-6-7-10-20(19)16-24/h5-14,17,24,28-29H,1-2,15-16H2,3-4H3/b21-8+,27-17?. The summed E-state index contributed by atoms with van der Waals surface area (Å²) < 4.78 is 0. The molecule has 29 heavy (non-hydrogen) atoms. The highest BCUT2D eigenvalue weighted by Crippen LogP contribution is 2.24. The molecule has 2 aromatic carbocycles. The molecule has 3 nitrogen and oxygen atoms in total. The molecule has 0 saturated carbocycles. The molecule has 0 bridgehead atoms. The highest BCUT2D eigenvalue weighted by molar-refractivity contribution is 6.30. The van der Waals surface area contributed by atoms with Crippen LogP contribution in [0.1, 0.15) is 25.0 Å². The predicted molar refractivity (Wildman–Crippen MR) is 126 cm³/mol. The van der Waals surface area contributed by atoms with Crippen LogP contribution in [-0.2, 0) is 12.8 Å². The molecule has 1 aliphatic rings. The van der Waals surface area contributed by atoms with Gasteiger partial charge >= 0.3 is 0 Å². The van der Waals surface area contributed by atoms with Gasteiger partial charge in [-0.3, -0.25) is 0 Å². The first-order valence-corrected chi connectivity index (χ1v) is 10.2. The molecule has 2 N–H and O–H groups in total. The number of halogens is 1. The van der Waals surface area contributed by atoms with Crippen LogP contribution in [-0.4, -0.2) is 17.8 Å². The second-order valence-corrected chi connectivity index (χ2v) is 8.27. The van der Waals surface area contributed by atoms with Gasteiger partial charge in [0.15, 0.2) is 0 Å². The zero-order valence-electron chi connectivity index (χ0n) is 17.1. The lowest BCUT2D eigenvalue weighted by atomic mass is 9.93. The summed E-state index contributed by atoms with van der Waals surface area (Å²) in [6.45, 7) is 12.1. The highest BCUT2D eigenvalue weighted by atomic mass is 35.5. The number of hydrogen-bond acceptors (Lipinski definition) is 3. The summed E-state index contributed by atoms with van der Waals surface area (Å²) in [6, 6.07) is 16.6. The van der Waals surface area contributed by atoms with Crippen molar-refractivity contribution in [2.45, 2.75) is 38.3 Å². The van der Waals surface area contributed by atoms with Crippen molar-refractivity contribution in [2.24, 2.45) is 4.99 Å². The SMILES string of the molecule is C=C/C=C(\C=NC(=C)NC1Cc2ccccc2C1)C(C)(C)Nc1ccc(Cl)cc1. The third kappa shape index (κ3) is 5.61. The van der Waals surface area contributed by atoms with Crippen LogP contribution in [0.3, 0.4) is 0 Å². The van der Waals surface area contributed by atoms with E-state index in [1.165, 1.54) is 11.1 Å². The first kappa shape index (κ1) is 20.9. The van der Waals surface area contributed by atoms with Gasteiger partial charge in [0.25, 0.3) is 0 Å². The van der Waals surface area contributed by atoms with Crippen LogP contribution in [0, 0.1) is 0 Å². The maximum Gasteiger partial charge on any atom is 0.118 e. The Balaban J connectivity index is 1.64. The van der Waals surface area contributed by atoms with Crippen molar-refractivity contribution in [1.82, 2.24) is 5.32 Å². The molecule has 1 aliphatic carbocycles. The van der Waals surface area contributed by atoms with Gasteiger partial charge in [0.05, 0.1) is 5.54 Å². The van der Waals surface area contributed by atoms with E-state index in [1.54, 1.807) is 6.08 Å². The van der Waals surface area contributed by atoms with E-state index in [9.17, 15) is 0 Å². The number of nitrogens with one attached hydrogen (secondary N) is 2. The lowest BCUT2D eigenvalue weighted by Crippen LogP contribution is -2.34. The fourth-order valence-electron chi connectivity index (χ4n) is 3.59. The van der Waals surface area contributed by atoms with Crippen LogP contribution in [0.25, 0.3) is 0 Å². The van der Waals surface area contributed by atoms with E-state index < -0.39 is 0 Å². The topological polar surface area (TPSA) is 36.4 Å². The van der Waals surface area contributed by atoms with Crippen molar-refractivity contribution in [3.63, 3.8) is 0 Å². The van der Waals surface area contributed by atoms with E-state index in [0.29, 0.717) is 16.9 Å². The molecule has 0 spiro atoms. The van der Waals surface area contributed by atoms with E-state index in [1.807, 2.05) is 36.6 Å². The number of fused-ring (bicyclic) bond motifs is 1. The van der Waals surface area contributed by atoms with Gasteiger partial charge in [0.1, 0.15) is 5.82 Å². The molecule has 0 heterocycles. The molecular formula is C25H28ClN3. The minimum atomic E-state index is -0.352. The summed E-state index contributed by atoms with van der Waals surface area (Å²) in [5.41, 5.74) is 4.45. The van der Waals surface area contributed by atoms with Gasteiger partial charge < -0.3 is 10.6 Å². The Bertz CT molecular complexity index is 914. The molecule has 0 unspecified atom stereocenters. The number of hydrogen-bond donors (Lipinski definition) is 2. The summed E-state index contributed by atoms with van der Waals surface area (Å²) >= 11 is 5.99. The van der Waals surface area contributed by atoms with Crippen molar-refractivity contribution in [1.29, 1.82) is 0 Å². The number of allylic oxidation sites excluding steroid dienone is 2. The molecule has 2 aromatic rings. The van der Waals surface area contributed by atoms with E-state index >= 15 is 0 Å². The molecular weight excluding hydrogens is 378 g/mol. The molecule has 4 heteroatoms. The monoisotopic (exact) mass is 405 g/mol. The van der Waals surface area contributed by atoms with E-state index in [0.717, 1.165) is 24.1 Å². The minimum Gasteiger partial charge on any atom is -0.376 e. The Hall–Kier alpha value is -2.78. The minimum absolute atomic E-state index is 0.337. The quantitative estimate of drug-likeness (QED) is 0.421. The summed E-state index contributed by atoms with van der Waals surface area (Å²) in [6.07, 6.45) is 7.59. The summed E-state index contributed by atoms with van der Waals surface area (Å²) in [5.74, 6) is 0.667. The van der Waals surface area contributed by atoms with Gasteiger partial charge in [-0.1, -0.05) is 61.2 Å². The van der Waals surface area contributed by atoms with Crippen LogP contribution in [0.15, 0.2) is 90.2 Å². The summed E-state index contributed by atoms with van der Waals surface area (Å²) in [4.78, 5) is 4.58. The first-order valence-electron chi connectivity index (χ1n) is 9.80. The van der Waals surface area contributed by atoms with Crippen molar-refractivity contribution in [2.75, 3.05) is 5.32 Å². The molecule has 0 atom stereocenters. The van der Waals surface area contributed by atoms with E-state index in [4.69, 9.17) is 11.6 Å². The van der Waals surface area contributed by atoms with Crippen molar-refractivity contribution in [3.05, 3.63) is 101 Å². The molecule has 0 aliphatic heterocycles. The van der Waals surface area contributed by atoms with Gasteiger partial charge in [-0.05, 0) is 67.7 Å². The lowest BCUT2D eigenvalue weighted by Gasteiger charge is -2.29. The van der Waals surface area contributed by atoms with E-state index in [-0.39, 0.29) is 5.54 Å². The summed E-state index contributed by atoms with van der Waals surface area (Å²) in [5, 5.41) is 7.69. The van der Waals surface area contributed by atoms with Crippen molar-refractivity contribution in [3.8, 4) is 0 Å². The molecule has 0 radical (unpaired) electrons. The van der Waals surface area contributed by atoms with Gasteiger partial charge in [-0.15, -0.1) is 0 Å². The molecule has 0 fully saturated rings. The number of rotatable bonds is 8. The Morgan fingerprint density at radius 3 is 2.31 bits per heavy atom. The zero-order valence-corrected chi connectivity index (χ0v) is 17.8. The van der Waals surface area contributed by atoms with Gasteiger partial charge in [0, 0.05) is 23.0 Å². The average molecular weight is 406 g/mol. The lowest BCUT2D eigenvalue weighted by molar-refractivity contribution is 0.593. The third-order valence-electron chi connectivity index (χ3n) is 5.10. The third-order valence-corrected chi connectivity index (χ3v) is 5.35. The zero-order chi connectivity index (χ0) is 20.9. The molecule has 0 amide bonds. The second kappa shape index (κ2) is 9.15. The molecule has 0 saturated heterocycles. The maximum absolute atomic E-state index is 5.99. The Morgan fingerprint density at radius 2 is 1.72 bits per heavy atom. The average Bonchev–Trinajstić information content (AvgIpc) is 3.08. The highest BCUT2D eigenvalue weighted by Gasteiger charge is 2.23. The largest absolute Gasteiger partial charge is 0.376 e. The second-order valence-electron chi connectivity index (χ2n) is 7.84. The van der Waals surface area contributed by atoms with Crippen molar-refractivity contribution < 1.29 is 0 Å².